The predicted octanol–water partition coefficient (Wildman–Crippen LogP) is 5.15. The van der Waals surface area contributed by atoms with Gasteiger partial charge in [-0.3, -0.25) is 19.1 Å². The summed E-state index contributed by atoms with van der Waals surface area (Å²) >= 11 is 0. The van der Waals surface area contributed by atoms with Gasteiger partial charge in [-0.1, -0.05) is 58.0 Å². The Labute approximate surface area is 335 Å². The summed E-state index contributed by atoms with van der Waals surface area (Å²) in [6, 6.07) is 5.42. The van der Waals surface area contributed by atoms with Crippen LogP contribution in [0.2, 0.25) is 0 Å². The summed E-state index contributed by atoms with van der Waals surface area (Å²) < 4.78 is 45.8. The van der Waals surface area contributed by atoms with Gasteiger partial charge >= 0.3 is 6.09 Å². The summed E-state index contributed by atoms with van der Waals surface area (Å²) in [6.45, 7) is 10.4. The summed E-state index contributed by atoms with van der Waals surface area (Å²) in [5.41, 5.74) is -1.58. The number of nitrogens with zero attached hydrogens (tertiary/aromatic N) is 2. The van der Waals surface area contributed by atoms with Gasteiger partial charge in [0.15, 0.2) is 0 Å². The van der Waals surface area contributed by atoms with E-state index in [0.29, 0.717) is 49.3 Å². The largest absolute Gasteiger partial charge is 0.491 e. The predicted molar refractivity (Wildman–Crippen MR) is 213 cm³/mol. The number of benzene rings is 1. The van der Waals surface area contributed by atoms with Crippen LogP contribution < -0.4 is 24.8 Å². The minimum absolute atomic E-state index is 0.0101. The van der Waals surface area contributed by atoms with Crippen LogP contribution in [0, 0.1) is 23.2 Å². The Balaban J connectivity index is 1.20. The first kappa shape index (κ1) is 40.8. The van der Waals surface area contributed by atoms with Crippen molar-refractivity contribution >= 4 is 44.6 Å². The van der Waals surface area contributed by atoms with Crippen molar-refractivity contribution in [1.82, 2.24) is 25.2 Å². The fraction of sp³-hybridized carbons (Fsp3) is 0.643. The fourth-order valence-electron chi connectivity index (χ4n) is 8.08. The Morgan fingerprint density at radius 2 is 1.79 bits per heavy atom. The molecule has 2 aromatic rings. The molecule has 2 aliphatic heterocycles. The monoisotopic (exact) mass is 807 g/mol. The molecule has 310 valence electrons. The summed E-state index contributed by atoms with van der Waals surface area (Å²) in [7, 11) is -4.00. The van der Waals surface area contributed by atoms with E-state index in [1.807, 2.05) is 57.2 Å². The molecule has 3 N–H and O–H groups in total. The number of aromatic nitrogens is 1. The highest BCUT2D eigenvalue weighted by atomic mass is 32.2. The first-order valence-electron chi connectivity index (χ1n) is 20.5. The topological polar surface area (TPSA) is 182 Å². The van der Waals surface area contributed by atoms with Gasteiger partial charge in [-0.2, -0.15) is 0 Å². The zero-order chi connectivity index (χ0) is 40.8. The molecule has 14 nitrogen and oxygen atoms in total. The van der Waals surface area contributed by atoms with E-state index >= 15 is 0 Å². The third-order valence-corrected chi connectivity index (χ3v) is 14.8. The van der Waals surface area contributed by atoms with Gasteiger partial charge in [0.2, 0.25) is 27.7 Å². The molecular weight excluding hydrogens is 751 g/mol. The molecule has 57 heavy (non-hydrogen) atoms. The van der Waals surface area contributed by atoms with E-state index in [-0.39, 0.29) is 43.2 Å². The third-order valence-electron chi connectivity index (χ3n) is 12.6. The number of ether oxygens (including phenoxy) is 3. The van der Waals surface area contributed by atoms with Crippen LogP contribution in [0.3, 0.4) is 0 Å². The highest BCUT2D eigenvalue weighted by Gasteiger charge is 2.63. The number of hydrogen-bond donors (Lipinski definition) is 3. The van der Waals surface area contributed by atoms with E-state index in [0.717, 1.165) is 31.1 Å². The van der Waals surface area contributed by atoms with Gasteiger partial charge in [0.1, 0.15) is 29.5 Å². The number of sulfonamides is 1. The standard InChI is InChI=1S/C42H57N5O9S/c1-6-19-54-33-23-43-36(31-14-10-9-13-30(31)33)56-29-21-32-35(48)45-42(38(50)46-57(52,53)41(5)17-18-41)22-28(42)12-8-7-11-26(2)20-27(3)34(37(49)47(32)24-29)44-39(51)55-25-40(4)15-16-40/h8-10,12-14,23,26-29,32,34H,6-7,11,15-22,24-25H2,1-5H3,(H,44,51)(H,45,48)(H,46,50). The Morgan fingerprint density at radius 1 is 1.05 bits per heavy atom. The van der Waals surface area contributed by atoms with Crippen molar-refractivity contribution in [3.63, 3.8) is 0 Å². The van der Waals surface area contributed by atoms with Gasteiger partial charge in [0.25, 0.3) is 5.91 Å². The third kappa shape index (κ3) is 8.73. The minimum atomic E-state index is -4.00. The maximum Gasteiger partial charge on any atom is 0.407 e. The Bertz CT molecular complexity index is 2030. The molecule has 15 heteroatoms. The molecule has 7 rings (SSSR count). The lowest BCUT2D eigenvalue weighted by molar-refractivity contribution is -0.142. The van der Waals surface area contributed by atoms with Gasteiger partial charge in [0, 0.05) is 28.5 Å². The number of pyridine rings is 1. The van der Waals surface area contributed by atoms with Crippen molar-refractivity contribution in [3.8, 4) is 11.6 Å². The minimum Gasteiger partial charge on any atom is -0.491 e. The zero-order valence-corrected chi connectivity index (χ0v) is 34.5. The van der Waals surface area contributed by atoms with Crippen LogP contribution in [0.1, 0.15) is 98.8 Å². The summed E-state index contributed by atoms with van der Waals surface area (Å²) in [5, 5.41) is 7.29. The molecule has 3 heterocycles. The second-order valence-electron chi connectivity index (χ2n) is 17.8. The van der Waals surface area contributed by atoms with Gasteiger partial charge in [0.05, 0.1) is 30.7 Å². The Morgan fingerprint density at radius 3 is 2.49 bits per heavy atom. The van der Waals surface area contributed by atoms with E-state index < -0.39 is 68.2 Å². The average Bonchev–Trinajstić information content (AvgIpc) is 4.14. The second-order valence-corrected chi connectivity index (χ2v) is 20.0. The van der Waals surface area contributed by atoms with Crippen molar-refractivity contribution in [2.24, 2.45) is 23.2 Å². The summed E-state index contributed by atoms with van der Waals surface area (Å²) in [5.74, 6) is -1.55. The molecule has 1 aromatic heterocycles. The number of rotatable bonds is 11. The molecular formula is C42H57N5O9S. The molecule has 1 aromatic carbocycles. The summed E-state index contributed by atoms with van der Waals surface area (Å²) in [6.07, 6.45) is 10.0. The fourth-order valence-corrected chi connectivity index (χ4v) is 9.39. The van der Waals surface area contributed by atoms with Crippen LogP contribution in [0.5, 0.6) is 11.6 Å². The molecule has 4 amide bonds. The van der Waals surface area contributed by atoms with Crippen LogP contribution in [-0.2, 0) is 29.1 Å². The average molecular weight is 808 g/mol. The van der Waals surface area contributed by atoms with E-state index in [4.69, 9.17) is 14.2 Å². The molecule has 0 spiro atoms. The molecule has 4 fully saturated rings. The molecule has 0 radical (unpaired) electrons. The quantitative estimate of drug-likeness (QED) is 0.257. The molecule has 3 saturated carbocycles. The molecule has 7 unspecified atom stereocenters. The van der Waals surface area contributed by atoms with E-state index in [1.165, 1.54) is 4.90 Å². The zero-order valence-electron chi connectivity index (χ0n) is 33.7. The molecule has 7 atom stereocenters. The van der Waals surface area contributed by atoms with Crippen molar-refractivity contribution in [2.45, 2.75) is 127 Å². The van der Waals surface area contributed by atoms with Crippen LogP contribution in [-0.4, -0.2) is 90.3 Å². The lowest BCUT2D eigenvalue weighted by Gasteiger charge is -2.32. The molecule has 0 bridgehead atoms. The highest BCUT2D eigenvalue weighted by molar-refractivity contribution is 7.91. The number of fused-ring (bicyclic) bond motifs is 3. The highest BCUT2D eigenvalue weighted by Crippen LogP contribution is 2.48. The van der Waals surface area contributed by atoms with Crippen molar-refractivity contribution in [2.75, 3.05) is 19.8 Å². The number of allylic oxidation sites excluding steroid dienone is 1. The second kappa shape index (κ2) is 15.7. The molecule has 3 aliphatic carbocycles. The number of alkyl carbamates (subject to hydrolysis) is 1. The van der Waals surface area contributed by atoms with Crippen LogP contribution in [0.15, 0.2) is 42.6 Å². The van der Waals surface area contributed by atoms with Gasteiger partial charge < -0.3 is 29.7 Å². The molecule has 5 aliphatic rings. The smallest absolute Gasteiger partial charge is 0.407 e. The van der Waals surface area contributed by atoms with Gasteiger partial charge in [-0.25, -0.2) is 18.2 Å². The van der Waals surface area contributed by atoms with E-state index in [2.05, 4.69) is 27.3 Å². The van der Waals surface area contributed by atoms with E-state index in [9.17, 15) is 27.6 Å². The number of nitrogens with one attached hydrogen (secondary N) is 3. The van der Waals surface area contributed by atoms with Crippen molar-refractivity contribution in [1.29, 1.82) is 0 Å². The lowest BCUT2D eigenvalue weighted by atomic mass is 9.88. The number of carbonyl (C=O) groups is 4. The van der Waals surface area contributed by atoms with Crippen LogP contribution >= 0.6 is 0 Å². The van der Waals surface area contributed by atoms with Crippen LogP contribution in [0.4, 0.5) is 4.79 Å². The first-order valence-corrected chi connectivity index (χ1v) is 22.0. The van der Waals surface area contributed by atoms with Crippen LogP contribution in [0.25, 0.3) is 10.8 Å². The number of carbonyl (C=O) groups excluding carboxylic acids is 4. The van der Waals surface area contributed by atoms with Gasteiger partial charge in [-0.05, 0) is 82.6 Å². The number of hydrogen-bond acceptors (Lipinski definition) is 10. The van der Waals surface area contributed by atoms with Gasteiger partial charge in [-0.15, -0.1) is 0 Å². The number of amides is 4. The first-order chi connectivity index (χ1) is 27.1. The SMILES string of the molecule is CCCOc1cnc(OC2CC3C(=O)NC4(C(=O)NS(=O)(=O)C5(C)CC5)CC4C=CCCC(C)CC(C)C(NC(=O)OCC4(C)CC4)C(=O)N3C2)c2ccccc12. The maximum absolute atomic E-state index is 14.9. The Hall–Kier alpha value is -4.40. The lowest BCUT2D eigenvalue weighted by Crippen LogP contribution is -2.59. The van der Waals surface area contributed by atoms with Crippen molar-refractivity contribution in [3.05, 3.63) is 42.6 Å². The Kier molecular flexibility index (Phi) is 11.3. The summed E-state index contributed by atoms with van der Waals surface area (Å²) in [4.78, 5) is 62.7. The van der Waals surface area contributed by atoms with Crippen molar-refractivity contribution < 1.29 is 41.8 Å². The molecule has 1 saturated heterocycles. The normalized spacial score (nSPS) is 30.4. The maximum atomic E-state index is 14.9. The van der Waals surface area contributed by atoms with E-state index in [1.54, 1.807) is 13.1 Å².